The Kier molecular flexibility index (Phi) is 4.47. The Hall–Kier alpha value is -1.07. The maximum Gasteiger partial charge on any atom is 0.130 e. The molecule has 0 aromatic carbocycles. The van der Waals surface area contributed by atoms with Crippen molar-refractivity contribution in [3.63, 3.8) is 0 Å². The van der Waals surface area contributed by atoms with Crippen molar-refractivity contribution in [2.75, 3.05) is 38.6 Å². The predicted octanol–water partition coefficient (Wildman–Crippen LogP) is 0.760. The molecule has 0 bridgehead atoms. The van der Waals surface area contributed by atoms with Crippen LogP contribution < -0.4 is 10.6 Å². The van der Waals surface area contributed by atoms with Crippen LogP contribution in [0.4, 0.5) is 5.82 Å². The second kappa shape index (κ2) is 5.92. The van der Waals surface area contributed by atoms with Crippen molar-refractivity contribution >= 4 is 5.82 Å². The van der Waals surface area contributed by atoms with Crippen LogP contribution in [0.2, 0.25) is 0 Å². The molecule has 0 aliphatic carbocycles. The molecule has 0 radical (unpaired) electrons. The molecule has 0 atom stereocenters. The van der Waals surface area contributed by atoms with E-state index in [1.807, 2.05) is 11.7 Å². The van der Waals surface area contributed by atoms with Crippen LogP contribution in [-0.4, -0.2) is 54.5 Å². The first-order valence-corrected chi connectivity index (χ1v) is 7.18. The summed E-state index contributed by atoms with van der Waals surface area (Å²) in [5, 5.41) is 4.57. The van der Waals surface area contributed by atoms with Crippen molar-refractivity contribution in [2.24, 2.45) is 12.8 Å². The number of aromatic nitrogens is 2. The zero-order chi connectivity index (χ0) is 14.0. The third-order valence-corrected chi connectivity index (χ3v) is 4.28. The van der Waals surface area contributed by atoms with Crippen molar-refractivity contribution in [1.82, 2.24) is 14.7 Å². The molecular weight excluding hydrogens is 238 g/mol. The zero-order valence-corrected chi connectivity index (χ0v) is 12.7. The quantitative estimate of drug-likeness (QED) is 0.873. The van der Waals surface area contributed by atoms with Gasteiger partial charge in [0.15, 0.2) is 0 Å². The van der Waals surface area contributed by atoms with E-state index in [1.165, 1.54) is 37.3 Å². The number of nitrogens with zero attached hydrogens (tertiary/aromatic N) is 4. The third kappa shape index (κ3) is 2.92. The molecule has 2 rings (SSSR count). The lowest BCUT2D eigenvalue weighted by atomic mass is 10.0. The monoisotopic (exact) mass is 265 g/mol. The van der Waals surface area contributed by atoms with Gasteiger partial charge in [-0.2, -0.15) is 5.10 Å². The SMILES string of the molecule is Cc1nn(C)c(N(C)C2CCN(C)CC2)c1CCN. The van der Waals surface area contributed by atoms with E-state index in [4.69, 9.17) is 5.73 Å². The molecule has 2 heterocycles. The number of piperidine rings is 1. The summed E-state index contributed by atoms with van der Waals surface area (Å²) in [5.74, 6) is 1.25. The van der Waals surface area contributed by atoms with Crippen LogP contribution in [0.3, 0.4) is 0 Å². The molecule has 2 N–H and O–H groups in total. The first-order chi connectivity index (χ1) is 9.04. The molecule has 1 fully saturated rings. The van der Waals surface area contributed by atoms with Crippen LogP contribution >= 0.6 is 0 Å². The number of hydrogen-bond acceptors (Lipinski definition) is 4. The van der Waals surface area contributed by atoms with Crippen molar-refractivity contribution in [3.05, 3.63) is 11.3 Å². The lowest BCUT2D eigenvalue weighted by Crippen LogP contribution is -2.43. The Balaban J connectivity index is 2.20. The fourth-order valence-corrected chi connectivity index (χ4v) is 3.12. The Morgan fingerprint density at radius 2 is 1.95 bits per heavy atom. The lowest BCUT2D eigenvalue weighted by Gasteiger charge is -2.36. The topological polar surface area (TPSA) is 50.3 Å². The molecule has 5 nitrogen and oxygen atoms in total. The Morgan fingerprint density at radius 1 is 1.32 bits per heavy atom. The highest BCUT2D eigenvalue weighted by Crippen LogP contribution is 2.27. The van der Waals surface area contributed by atoms with Crippen LogP contribution in [0, 0.1) is 6.92 Å². The smallest absolute Gasteiger partial charge is 0.130 e. The molecule has 1 aromatic rings. The molecule has 0 spiro atoms. The van der Waals surface area contributed by atoms with E-state index in [-0.39, 0.29) is 0 Å². The van der Waals surface area contributed by atoms with Crippen molar-refractivity contribution in [3.8, 4) is 0 Å². The Labute approximate surface area is 116 Å². The average molecular weight is 265 g/mol. The van der Waals surface area contributed by atoms with E-state index >= 15 is 0 Å². The molecule has 1 aromatic heterocycles. The molecule has 1 aliphatic rings. The highest BCUT2D eigenvalue weighted by atomic mass is 15.4. The van der Waals surface area contributed by atoms with Crippen molar-refractivity contribution < 1.29 is 0 Å². The first kappa shape index (κ1) is 14.3. The van der Waals surface area contributed by atoms with Gasteiger partial charge in [0.25, 0.3) is 0 Å². The van der Waals surface area contributed by atoms with Gasteiger partial charge in [0.2, 0.25) is 0 Å². The highest BCUT2D eigenvalue weighted by Gasteiger charge is 2.25. The second-order valence-corrected chi connectivity index (χ2v) is 5.70. The molecule has 0 unspecified atom stereocenters. The maximum atomic E-state index is 5.74. The van der Waals surface area contributed by atoms with Crippen LogP contribution in [-0.2, 0) is 13.5 Å². The van der Waals surface area contributed by atoms with E-state index in [0.717, 1.165) is 12.1 Å². The van der Waals surface area contributed by atoms with E-state index in [2.05, 4.69) is 35.9 Å². The zero-order valence-electron chi connectivity index (χ0n) is 12.7. The van der Waals surface area contributed by atoms with E-state index in [0.29, 0.717) is 12.6 Å². The van der Waals surface area contributed by atoms with Gasteiger partial charge in [0, 0.05) is 25.7 Å². The lowest BCUT2D eigenvalue weighted by molar-refractivity contribution is 0.252. The molecule has 1 saturated heterocycles. The molecule has 1 aliphatic heterocycles. The van der Waals surface area contributed by atoms with Gasteiger partial charge in [-0.05, 0) is 52.9 Å². The standard InChI is InChI=1S/C14H27N5/c1-11-13(5-8-15)14(19(4)16-11)18(3)12-6-9-17(2)10-7-12/h12H,5-10,15H2,1-4H3. The maximum absolute atomic E-state index is 5.74. The molecular formula is C14H27N5. The van der Waals surface area contributed by atoms with Gasteiger partial charge in [0.1, 0.15) is 5.82 Å². The fourth-order valence-electron chi connectivity index (χ4n) is 3.12. The van der Waals surface area contributed by atoms with Gasteiger partial charge < -0.3 is 15.5 Å². The molecule has 19 heavy (non-hydrogen) atoms. The van der Waals surface area contributed by atoms with Gasteiger partial charge in [-0.3, -0.25) is 4.68 Å². The van der Waals surface area contributed by atoms with Gasteiger partial charge >= 0.3 is 0 Å². The van der Waals surface area contributed by atoms with Crippen LogP contribution in [0.15, 0.2) is 0 Å². The van der Waals surface area contributed by atoms with Crippen molar-refractivity contribution in [1.29, 1.82) is 0 Å². The second-order valence-electron chi connectivity index (χ2n) is 5.70. The molecule has 5 heteroatoms. The van der Waals surface area contributed by atoms with E-state index < -0.39 is 0 Å². The van der Waals surface area contributed by atoms with E-state index in [9.17, 15) is 0 Å². The number of anilines is 1. The first-order valence-electron chi connectivity index (χ1n) is 7.18. The highest BCUT2D eigenvalue weighted by molar-refractivity contribution is 5.50. The molecule has 0 amide bonds. The number of hydrogen-bond donors (Lipinski definition) is 1. The minimum absolute atomic E-state index is 0.613. The third-order valence-electron chi connectivity index (χ3n) is 4.28. The number of rotatable bonds is 4. The predicted molar refractivity (Wildman–Crippen MR) is 79.6 cm³/mol. The molecule has 0 saturated carbocycles. The summed E-state index contributed by atoms with van der Waals surface area (Å²) in [5.41, 5.74) is 8.17. The summed E-state index contributed by atoms with van der Waals surface area (Å²) in [7, 11) is 6.44. The number of nitrogens with two attached hydrogens (primary N) is 1. The van der Waals surface area contributed by atoms with Crippen molar-refractivity contribution in [2.45, 2.75) is 32.2 Å². The average Bonchev–Trinajstić information content (AvgIpc) is 2.65. The molecule has 108 valence electrons. The summed E-state index contributed by atoms with van der Waals surface area (Å²) in [6, 6.07) is 0.613. The van der Waals surface area contributed by atoms with E-state index in [1.54, 1.807) is 0 Å². The summed E-state index contributed by atoms with van der Waals surface area (Å²) in [6.45, 7) is 5.12. The minimum atomic E-state index is 0.613. The summed E-state index contributed by atoms with van der Waals surface area (Å²) in [4.78, 5) is 4.82. The fraction of sp³-hybridized carbons (Fsp3) is 0.786. The van der Waals surface area contributed by atoms with Crippen LogP contribution in [0.1, 0.15) is 24.1 Å². The summed E-state index contributed by atoms with van der Waals surface area (Å²) < 4.78 is 2.01. The Morgan fingerprint density at radius 3 is 2.53 bits per heavy atom. The van der Waals surface area contributed by atoms with Gasteiger partial charge in [0.05, 0.1) is 5.69 Å². The number of aryl methyl sites for hydroxylation is 2. The Bertz CT molecular complexity index is 418. The minimum Gasteiger partial charge on any atom is -0.357 e. The van der Waals surface area contributed by atoms with Gasteiger partial charge in [-0.1, -0.05) is 0 Å². The normalized spacial score (nSPS) is 17.9. The van der Waals surface area contributed by atoms with Crippen LogP contribution in [0.25, 0.3) is 0 Å². The van der Waals surface area contributed by atoms with Gasteiger partial charge in [-0.25, -0.2) is 0 Å². The van der Waals surface area contributed by atoms with Crippen LogP contribution in [0.5, 0.6) is 0 Å². The van der Waals surface area contributed by atoms with Gasteiger partial charge in [-0.15, -0.1) is 0 Å². The summed E-state index contributed by atoms with van der Waals surface area (Å²) in [6.07, 6.45) is 3.35. The summed E-state index contributed by atoms with van der Waals surface area (Å²) >= 11 is 0. The largest absolute Gasteiger partial charge is 0.357 e. The number of likely N-dealkylation sites (tertiary alicyclic amines) is 1.